The van der Waals surface area contributed by atoms with Gasteiger partial charge in [-0.25, -0.2) is 4.90 Å². The van der Waals surface area contributed by atoms with Crippen molar-refractivity contribution < 1.29 is 71.9 Å². The third-order valence-corrected chi connectivity index (χ3v) is 9.03. The van der Waals surface area contributed by atoms with Gasteiger partial charge in [0, 0.05) is 7.05 Å². The van der Waals surface area contributed by atoms with E-state index in [0.717, 1.165) is 19.2 Å². The predicted octanol–water partition coefficient (Wildman–Crippen LogP) is 9.14. The Morgan fingerprint density at radius 2 is 0.849 bits per heavy atom. The summed E-state index contributed by atoms with van der Waals surface area (Å²) >= 11 is 0. The number of fused-ring (bicyclic) bond motifs is 2. The molecular weight excluding hydrogens is 740 g/mol. The van der Waals surface area contributed by atoms with Gasteiger partial charge in [-0.05, 0) is 71.6 Å². The van der Waals surface area contributed by atoms with Gasteiger partial charge in [0.2, 0.25) is 5.41 Å². The molecule has 0 spiro atoms. The maximum Gasteiger partial charge on any atom is 0.417 e. The molecule has 53 heavy (non-hydrogen) atoms. The summed E-state index contributed by atoms with van der Waals surface area (Å²) in [5, 5.41) is 0. The van der Waals surface area contributed by atoms with Crippen LogP contribution in [0, 0.1) is 6.92 Å². The van der Waals surface area contributed by atoms with E-state index in [0.29, 0.717) is 41.3 Å². The molecule has 18 heteroatoms. The molecule has 6 nitrogen and oxygen atoms in total. The van der Waals surface area contributed by atoms with Crippen LogP contribution in [0.3, 0.4) is 0 Å². The molecule has 0 unspecified atom stereocenters. The maximum absolute atomic E-state index is 14.9. The summed E-state index contributed by atoms with van der Waals surface area (Å²) in [5.74, 6) is -5.30. The highest BCUT2D eigenvalue weighted by Gasteiger charge is 2.73. The second-order valence-electron chi connectivity index (χ2n) is 12.2. The van der Waals surface area contributed by atoms with E-state index in [1.807, 2.05) is 0 Å². The standard InChI is InChI=1S/C35H18F12N2O4/c1-15-3-7-19(25(11-15)32(36,37)38)20-10-6-18(14-26(20)33(39,40)41)49-29(52)22-9-5-17(13-24(22)30(49)53)31(34(42,43)44,35(45,46)47)16-4-8-21-23(12-16)28(51)48(2)27(21)50/h3-14H,1-2H3. The second-order valence-corrected chi connectivity index (χ2v) is 12.2. The first-order valence-corrected chi connectivity index (χ1v) is 14.9. The highest BCUT2D eigenvalue weighted by Crippen LogP contribution is 2.57. The molecule has 2 heterocycles. The lowest BCUT2D eigenvalue weighted by molar-refractivity contribution is -0.288. The largest absolute Gasteiger partial charge is 0.417 e. The van der Waals surface area contributed by atoms with Crippen molar-refractivity contribution in [3.05, 3.63) is 123 Å². The van der Waals surface area contributed by atoms with Crippen LogP contribution in [-0.2, 0) is 17.8 Å². The summed E-state index contributed by atoms with van der Waals surface area (Å²) in [4.78, 5) is 52.2. The first kappa shape index (κ1) is 37.1. The summed E-state index contributed by atoms with van der Waals surface area (Å²) in [7, 11) is 0.952. The second kappa shape index (κ2) is 11.7. The fourth-order valence-corrected chi connectivity index (χ4v) is 6.55. The minimum Gasteiger partial charge on any atom is -0.277 e. The Kier molecular flexibility index (Phi) is 8.16. The average Bonchev–Trinajstić information content (AvgIpc) is 3.42. The van der Waals surface area contributed by atoms with Crippen LogP contribution < -0.4 is 4.90 Å². The Morgan fingerprint density at radius 1 is 0.453 bits per heavy atom. The molecule has 0 N–H and O–H groups in total. The number of alkyl halides is 12. The molecule has 4 aromatic rings. The van der Waals surface area contributed by atoms with Gasteiger partial charge in [-0.3, -0.25) is 24.1 Å². The number of carbonyl (C=O) groups is 4. The zero-order valence-electron chi connectivity index (χ0n) is 26.5. The Labute approximate surface area is 289 Å². The number of anilines is 1. The predicted molar refractivity (Wildman–Crippen MR) is 160 cm³/mol. The summed E-state index contributed by atoms with van der Waals surface area (Å²) < 4.78 is 174. The first-order chi connectivity index (χ1) is 24.3. The fraction of sp³-hybridized carbons (Fsp3) is 0.200. The van der Waals surface area contributed by atoms with Crippen molar-refractivity contribution in [2.24, 2.45) is 0 Å². The van der Waals surface area contributed by atoms with Crippen molar-refractivity contribution in [2.75, 3.05) is 11.9 Å². The Hall–Kier alpha value is -5.68. The Morgan fingerprint density at radius 3 is 1.34 bits per heavy atom. The minimum atomic E-state index is -6.26. The Balaban J connectivity index is 1.50. The molecule has 0 radical (unpaired) electrons. The average molecular weight is 759 g/mol. The van der Waals surface area contributed by atoms with Crippen molar-refractivity contribution in [1.82, 2.24) is 4.90 Å². The van der Waals surface area contributed by atoms with Crippen LogP contribution in [0.2, 0.25) is 0 Å². The van der Waals surface area contributed by atoms with Crippen molar-refractivity contribution in [3.63, 3.8) is 0 Å². The van der Waals surface area contributed by atoms with E-state index in [4.69, 9.17) is 0 Å². The van der Waals surface area contributed by atoms with E-state index in [1.54, 1.807) is 0 Å². The van der Waals surface area contributed by atoms with Crippen LogP contribution in [0.5, 0.6) is 0 Å². The normalized spacial score (nSPS) is 15.4. The summed E-state index contributed by atoms with van der Waals surface area (Å²) in [6.07, 6.45) is -23.0. The van der Waals surface area contributed by atoms with Crippen molar-refractivity contribution in [2.45, 2.75) is 37.0 Å². The van der Waals surface area contributed by atoms with E-state index >= 15 is 0 Å². The molecule has 2 aliphatic rings. The van der Waals surface area contributed by atoms with Gasteiger partial charge in [-0.15, -0.1) is 0 Å². The maximum atomic E-state index is 14.9. The van der Waals surface area contributed by atoms with Crippen LogP contribution in [0.15, 0.2) is 72.8 Å². The molecule has 0 saturated carbocycles. The number of hydrogen-bond acceptors (Lipinski definition) is 4. The molecule has 0 aromatic heterocycles. The summed E-state index contributed by atoms with van der Waals surface area (Å²) in [5.41, 5.74) is -17.3. The third kappa shape index (κ3) is 5.53. The molecule has 0 fully saturated rings. The number of aryl methyl sites for hydroxylation is 1. The number of rotatable bonds is 4. The van der Waals surface area contributed by atoms with Gasteiger partial charge in [0.05, 0.1) is 39.1 Å². The smallest absolute Gasteiger partial charge is 0.277 e. The van der Waals surface area contributed by atoms with E-state index in [-0.39, 0.29) is 34.7 Å². The fourth-order valence-electron chi connectivity index (χ4n) is 6.55. The van der Waals surface area contributed by atoms with Gasteiger partial charge >= 0.3 is 24.7 Å². The van der Waals surface area contributed by atoms with Gasteiger partial charge in [0.1, 0.15) is 0 Å². The summed E-state index contributed by atoms with van der Waals surface area (Å²) in [6, 6.07) is 5.82. The molecule has 0 bridgehead atoms. The van der Waals surface area contributed by atoms with Crippen LogP contribution in [0.1, 0.15) is 69.2 Å². The zero-order valence-corrected chi connectivity index (χ0v) is 26.5. The van der Waals surface area contributed by atoms with Crippen molar-refractivity contribution >= 4 is 29.3 Å². The van der Waals surface area contributed by atoms with Crippen LogP contribution >= 0.6 is 0 Å². The molecule has 2 aliphatic heterocycles. The van der Waals surface area contributed by atoms with E-state index in [9.17, 15) is 71.9 Å². The highest BCUT2D eigenvalue weighted by atomic mass is 19.4. The molecule has 6 rings (SSSR count). The lowest BCUT2D eigenvalue weighted by atomic mass is 9.71. The Bertz CT molecular complexity index is 2250. The number of hydrogen-bond donors (Lipinski definition) is 0. The lowest BCUT2D eigenvalue weighted by Gasteiger charge is -2.38. The monoisotopic (exact) mass is 758 g/mol. The number of carbonyl (C=O) groups excluding carboxylic acids is 4. The van der Waals surface area contributed by atoms with Crippen LogP contribution in [-0.4, -0.2) is 47.9 Å². The van der Waals surface area contributed by atoms with Gasteiger partial charge in [0.15, 0.2) is 0 Å². The molecule has 0 aliphatic carbocycles. The van der Waals surface area contributed by atoms with Crippen molar-refractivity contribution in [3.8, 4) is 11.1 Å². The van der Waals surface area contributed by atoms with Gasteiger partial charge in [-0.2, -0.15) is 52.7 Å². The summed E-state index contributed by atoms with van der Waals surface area (Å²) in [6.45, 7) is 1.27. The number of amides is 4. The number of imide groups is 2. The molecule has 0 atom stereocenters. The van der Waals surface area contributed by atoms with Gasteiger partial charge in [-0.1, -0.05) is 35.9 Å². The van der Waals surface area contributed by atoms with Gasteiger partial charge < -0.3 is 0 Å². The van der Waals surface area contributed by atoms with Gasteiger partial charge in [0.25, 0.3) is 23.6 Å². The van der Waals surface area contributed by atoms with Crippen LogP contribution in [0.4, 0.5) is 58.4 Å². The number of halogens is 12. The number of nitrogens with zero attached hydrogens (tertiary/aromatic N) is 2. The molecule has 4 aromatic carbocycles. The van der Waals surface area contributed by atoms with E-state index in [2.05, 4.69) is 0 Å². The topological polar surface area (TPSA) is 74.8 Å². The van der Waals surface area contributed by atoms with Crippen molar-refractivity contribution in [1.29, 1.82) is 0 Å². The zero-order chi connectivity index (χ0) is 39.4. The molecule has 0 saturated heterocycles. The number of benzene rings is 4. The quantitative estimate of drug-likeness (QED) is 0.154. The van der Waals surface area contributed by atoms with E-state index < -0.39 is 115 Å². The van der Waals surface area contributed by atoms with Crippen LogP contribution in [0.25, 0.3) is 11.1 Å². The highest BCUT2D eigenvalue weighted by molar-refractivity contribution is 6.34. The molecule has 4 amide bonds. The lowest BCUT2D eigenvalue weighted by Crippen LogP contribution is -2.55. The SMILES string of the molecule is Cc1ccc(-c2ccc(N3C(=O)c4ccc(C(c5ccc6c(c5)C(=O)N(C)C6=O)(C(F)(F)F)C(F)(F)F)cc4C3=O)cc2C(F)(F)F)c(C(F)(F)F)c1. The molecule has 276 valence electrons. The minimum absolute atomic E-state index is 0.0334. The first-order valence-electron chi connectivity index (χ1n) is 14.9. The van der Waals surface area contributed by atoms with E-state index in [1.165, 1.54) is 6.92 Å². The third-order valence-electron chi connectivity index (χ3n) is 9.03. The molecular formula is C35H18F12N2O4.